The van der Waals surface area contributed by atoms with Crippen LogP contribution in [0.3, 0.4) is 0 Å². The monoisotopic (exact) mass is 454 g/mol. The number of barbiturate groups is 1. The smallest absolute Gasteiger partial charge is 0.318 e. The summed E-state index contributed by atoms with van der Waals surface area (Å²) in [5.74, 6) is -2.46. The van der Waals surface area contributed by atoms with Crippen molar-refractivity contribution in [2.24, 2.45) is 0 Å². The van der Waals surface area contributed by atoms with Crippen molar-refractivity contribution in [1.82, 2.24) is 14.9 Å². The molecular formula is C26H19FN4O3. The van der Waals surface area contributed by atoms with Crippen LogP contribution < -0.4 is 10.2 Å². The minimum Gasteiger partial charge on any atom is -0.318 e. The lowest BCUT2D eigenvalue weighted by Gasteiger charge is -2.26. The SMILES string of the molecule is Cc1cc(/C=C2/C(=O)NC(=O)N(c3ccccc3F)C2=O)c(C)n1-c1ccc2ncccc2c1. The molecule has 168 valence electrons. The number of halogens is 1. The third-order valence-corrected chi connectivity index (χ3v) is 5.81. The Morgan fingerprint density at radius 3 is 2.56 bits per heavy atom. The van der Waals surface area contributed by atoms with E-state index in [2.05, 4.69) is 10.3 Å². The minimum atomic E-state index is -0.993. The number of carbonyl (C=O) groups excluding carboxylic acids is 3. The fourth-order valence-corrected chi connectivity index (χ4v) is 4.20. The number of amides is 4. The van der Waals surface area contributed by atoms with Gasteiger partial charge in [0.1, 0.15) is 11.4 Å². The number of imide groups is 2. The van der Waals surface area contributed by atoms with Crippen LogP contribution in [0.2, 0.25) is 0 Å². The van der Waals surface area contributed by atoms with Gasteiger partial charge in [-0.2, -0.15) is 0 Å². The van der Waals surface area contributed by atoms with Gasteiger partial charge in [0.05, 0.1) is 11.2 Å². The van der Waals surface area contributed by atoms with Crippen molar-refractivity contribution in [1.29, 1.82) is 0 Å². The topological polar surface area (TPSA) is 84.3 Å². The molecular weight excluding hydrogens is 435 g/mol. The first-order valence-corrected chi connectivity index (χ1v) is 10.6. The van der Waals surface area contributed by atoms with Gasteiger partial charge in [-0.05, 0) is 68.0 Å². The van der Waals surface area contributed by atoms with E-state index < -0.39 is 23.7 Å². The maximum atomic E-state index is 14.3. The molecule has 8 heteroatoms. The van der Waals surface area contributed by atoms with Gasteiger partial charge in [-0.3, -0.25) is 19.9 Å². The second-order valence-electron chi connectivity index (χ2n) is 7.95. The normalized spacial score (nSPS) is 15.3. The molecule has 0 radical (unpaired) electrons. The zero-order chi connectivity index (χ0) is 24.0. The number of rotatable bonds is 3. The number of nitrogens with zero attached hydrogens (tertiary/aromatic N) is 3. The zero-order valence-electron chi connectivity index (χ0n) is 18.4. The Morgan fingerprint density at radius 1 is 0.971 bits per heavy atom. The number of aromatic nitrogens is 2. The number of benzene rings is 2. The van der Waals surface area contributed by atoms with E-state index in [0.717, 1.165) is 34.0 Å². The number of para-hydroxylation sites is 1. The van der Waals surface area contributed by atoms with E-state index in [9.17, 15) is 18.8 Å². The lowest BCUT2D eigenvalue weighted by molar-refractivity contribution is -0.122. The van der Waals surface area contributed by atoms with Gasteiger partial charge in [0.15, 0.2) is 0 Å². The van der Waals surface area contributed by atoms with Crippen molar-refractivity contribution in [2.75, 3.05) is 4.90 Å². The predicted molar refractivity (Wildman–Crippen MR) is 126 cm³/mol. The molecule has 4 amide bonds. The fourth-order valence-electron chi connectivity index (χ4n) is 4.20. The van der Waals surface area contributed by atoms with E-state index in [1.165, 1.54) is 24.3 Å². The molecule has 0 atom stereocenters. The molecule has 7 nitrogen and oxygen atoms in total. The fraction of sp³-hybridized carbons (Fsp3) is 0.0769. The van der Waals surface area contributed by atoms with Crippen molar-refractivity contribution >= 4 is 40.5 Å². The van der Waals surface area contributed by atoms with Gasteiger partial charge in [0.2, 0.25) is 0 Å². The molecule has 2 aromatic carbocycles. The summed E-state index contributed by atoms with van der Waals surface area (Å²) in [4.78, 5) is 43.0. The second-order valence-corrected chi connectivity index (χ2v) is 7.95. The van der Waals surface area contributed by atoms with Gasteiger partial charge in [-0.25, -0.2) is 14.1 Å². The zero-order valence-corrected chi connectivity index (χ0v) is 18.4. The average molecular weight is 454 g/mol. The Morgan fingerprint density at radius 2 is 1.76 bits per heavy atom. The molecule has 34 heavy (non-hydrogen) atoms. The Balaban J connectivity index is 1.57. The van der Waals surface area contributed by atoms with Crippen LogP contribution >= 0.6 is 0 Å². The molecule has 4 aromatic rings. The third kappa shape index (κ3) is 3.45. The van der Waals surface area contributed by atoms with E-state index in [-0.39, 0.29) is 11.3 Å². The minimum absolute atomic E-state index is 0.223. The largest absolute Gasteiger partial charge is 0.336 e. The highest BCUT2D eigenvalue weighted by atomic mass is 19.1. The van der Waals surface area contributed by atoms with Gasteiger partial charge in [0, 0.05) is 28.7 Å². The molecule has 1 aliphatic rings. The van der Waals surface area contributed by atoms with Crippen LogP contribution in [-0.4, -0.2) is 27.4 Å². The van der Waals surface area contributed by atoms with Crippen LogP contribution in [0.5, 0.6) is 0 Å². The van der Waals surface area contributed by atoms with Crippen LogP contribution in [0.4, 0.5) is 14.9 Å². The lowest BCUT2D eigenvalue weighted by atomic mass is 10.1. The molecule has 0 bridgehead atoms. The van der Waals surface area contributed by atoms with E-state index in [0.29, 0.717) is 10.5 Å². The number of hydrogen-bond acceptors (Lipinski definition) is 4. The van der Waals surface area contributed by atoms with Crippen LogP contribution in [0.1, 0.15) is 17.0 Å². The maximum absolute atomic E-state index is 14.3. The van der Waals surface area contributed by atoms with Gasteiger partial charge >= 0.3 is 6.03 Å². The first-order chi connectivity index (χ1) is 16.3. The maximum Gasteiger partial charge on any atom is 0.336 e. The van der Waals surface area contributed by atoms with Crippen molar-refractivity contribution in [3.8, 4) is 5.69 Å². The lowest BCUT2D eigenvalue weighted by Crippen LogP contribution is -2.54. The quantitative estimate of drug-likeness (QED) is 0.366. The molecule has 0 unspecified atom stereocenters. The van der Waals surface area contributed by atoms with Crippen molar-refractivity contribution in [2.45, 2.75) is 13.8 Å². The van der Waals surface area contributed by atoms with Crippen molar-refractivity contribution < 1.29 is 18.8 Å². The Kier molecular flexibility index (Phi) is 5.05. The molecule has 1 aliphatic heterocycles. The van der Waals surface area contributed by atoms with E-state index in [4.69, 9.17) is 0 Å². The van der Waals surface area contributed by atoms with Gasteiger partial charge in [-0.1, -0.05) is 18.2 Å². The highest BCUT2D eigenvalue weighted by Gasteiger charge is 2.38. The van der Waals surface area contributed by atoms with Crippen molar-refractivity contribution in [3.63, 3.8) is 0 Å². The molecule has 3 heterocycles. The first kappa shape index (κ1) is 21.3. The average Bonchev–Trinajstić information content (AvgIpc) is 3.10. The third-order valence-electron chi connectivity index (χ3n) is 5.81. The van der Waals surface area contributed by atoms with E-state index in [1.54, 1.807) is 6.20 Å². The van der Waals surface area contributed by atoms with Crippen molar-refractivity contribution in [3.05, 3.63) is 95.2 Å². The standard InChI is InChI=1S/C26H19FN4O3/c1-15-12-18(16(2)30(15)19-9-10-22-17(13-19)6-5-11-28-22)14-20-24(32)29-26(34)31(25(20)33)23-8-4-3-7-21(23)27/h3-14H,1-2H3,(H,29,32,34)/b20-14-. The van der Waals surface area contributed by atoms with Gasteiger partial charge in [-0.15, -0.1) is 0 Å². The predicted octanol–water partition coefficient (Wildman–Crippen LogP) is 4.45. The molecule has 1 saturated heterocycles. The number of anilines is 1. The molecule has 0 saturated carbocycles. The van der Waals surface area contributed by atoms with Crippen LogP contribution in [-0.2, 0) is 9.59 Å². The summed E-state index contributed by atoms with van der Waals surface area (Å²) >= 11 is 0. The van der Waals surface area contributed by atoms with E-state index in [1.807, 2.05) is 54.8 Å². The number of carbonyl (C=O) groups is 3. The number of nitrogens with one attached hydrogen (secondary N) is 1. The number of aryl methyl sites for hydroxylation is 1. The summed E-state index contributed by atoms with van der Waals surface area (Å²) in [7, 11) is 0. The highest BCUT2D eigenvalue weighted by Crippen LogP contribution is 2.28. The second kappa shape index (κ2) is 8.08. The van der Waals surface area contributed by atoms with Crippen LogP contribution in [0.15, 0.2) is 72.4 Å². The summed E-state index contributed by atoms with van der Waals surface area (Å²) in [6.07, 6.45) is 3.17. The summed E-state index contributed by atoms with van der Waals surface area (Å²) in [5, 5.41) is 3.11. The van der Waals surface area contributed by atoms with Crippen LogP contribution in [0, 0.1) is 19.7 Å². The summed E-state index contributed by atoms with van der Waals surface area (Å²) in [5.41, 5.74) is 3.61. The molecule has 1 fully saturated rings. The number of fused-ring (bicyclic) bond motifs is 1. The summed E-state index contributed by atoms with van der Waals surface area (Å²) in [6, 6.07) is 16.0. The highest BCUT2D eigenvalue weighted by molar-refractivity contribution is 6.39. The summed E-state index contributed by atoms with van der Waals surface area (Å²) in [6.45, 7) is 3.79. The van der Waals surface area contributed by atoms with E-state index >= 15 is 0 Å². The number of pyridine rings is 1. The molecule has 2 aromatic heterocycles. The number of hydrogen-bond donors (Lipinski definition) is 1. The Bertz CT molecular complexity index is 1540. The first-order valence-electron chi connectivity index (χ1n) is 10.6. The number of urea groups is 1. The van der Waals surface area contributed by atoms with Gasteiger partial charge in [0.25, 0.3) is 11.8 Å². The molecule has 0 spiro atoms. The Labute approximate surface area is 194 Å². The van der Waals surface area contributed by atoms with Gasteiger partial charge < -0.3 is 4.57 Å². The molecule has 5 rings (SSSR count). The molecule has 1 N–H and O–H groups in total. The Hall–Kier alpha value is -4.59. The van der Waals surface area contributed by atoms with Crippen LogP contribution in [0.25, 0.3) is 22.7 Å². The molecule has 0 aliphatic carbocycles. The summed E-state index contributed by atoms with van der Waals surface area (Å²) < 4.78 is 16.3.